The number of thiol groups is 1. The van der Waals surface area contributed by atoms with Crippen LogP contribution in [0.15, 0.2) is 29.2 Å². The van der Waals surface area contributed by atoms with E-state index in [9.17, 15) is 4.79 Å². The maximum Gasteiger partial charge on any atom is 0.251 e. The molecular weight excluding hydrogens is 218 g/mol. The van der Waals surface area contributed by atoms with Crippen LogP contribution >= 0.6 is 12.6 Å². The normalized spacial score (nSPS) is 12.6. The third-order valence-electron chi connectivity index (χ3n) is 2.31. The number of carbonyl (C=O) groups excluding carboxylic acids is 1. The van der Waals surface area contributed by atoms with E-state index in [1.165, 1.54) is 0 Å². The minimum absolute atomic E-state index is 0.0240. The summed E-state index contributed by atoms with van der Waals surface area (Å²) in [6.07, 6.45) is 0.992. The SMILES string of the molecule is CC(C)CC(C)NC(=O)c1cccc(S)c1. The lowest BCUT2D eigenvalue weighted by Crippen LogP contribution is -2.33. The topological polar surface area (TPSA) is 29.1 Å². The lowest BCUT2D eigenvalue weighted by atomic mass is 10.0. The Labute approximate surface area is 103 Å². The van der Waals surface area contributed by atoms with Crippen LogP contribution in [0.4, 0.5) is 0 Å². The summed E-state index contributed by atoms with van der Waals surface area (Å²) in [5.41, 5.74) is 0.670. The average Bonchev–Trinajstić information content (AvgIpc) is 2.16. The van der Waals surface area contributed by atoms with Crippen molar-refractivity contribution in [3.63, 3.8) is 0 Å². The highest BCUT2D eigenvalue weighted by atomic mass is 32.1. The number of amides is 1. The zero-order valence-corrected chi connectivity index (χ0v) is 10.9. The molecule has 0 aromatic heterocycles. The van der Waals surface area contributed by atoms with Gasteiger partial charge in [0.2, 0.25) is 0 Å². The Morgan fingerprint density at radius 1 is 1.38 bits per heavy atom. The van der Waals surface area contributed by atoms with E-state index >= 15 is 0 Å². The van der Waals surface area contributed by atoms with Crippen molar-refractivity contribution in [2.24, 2.45) is 5.92 Å². The van der Waals surface area contributed by atoms with Crippen molar-refractivity contribution < 1.29 is 4.79 Å². The fourth-order valence-corrected chi connectivity index (χ4v) is 1.95. The fraction of sp³-hybridized carbons (Fsp3) is 0.462. The summed E-state index contributed by atoms with van der Waals surface area (Å²) < 4.78 is 0. The molecule has 0 aliphatic heterocycles. The van der Waals surface area contributed by atoms with E-state index in [-0.39, 0.29) is 11.9 Å². The Hall–Kier alpha value is -0.960. The molecule has 0 fully saturated rings. The Kier molecular flexibility index (Phi) is 4.87. The number of hydrogen-bond donors (Lipinski definition) is 2. The van der Waals surface area contributed by atoms with Gasteiger partial charge in [-0.2, -0.15) is 0 Å². The Bertz CT molecular complexity index is 363. The first-order chi connectivity index (χ1) is 7.49. The van der Waals surface area contributed by atoms with Gasteiger partial charge >= 0.3 is 0 Å². The van der Waals surface area contributed by atoms with Gasteiger partial charge in [0.25, 0.3) is 5.91 Å². The molecule has 1 unspecified atom stereocenters. The van der Waals surface area contributed by atoms with Crippen LogP contribution in [0.3, 0.4) is 0 Å². The van der Waals surface area contributed by atoms with Gasteiger partial charge in [-0.3, -0.25) is 4.79 Å². The summed E-state index contributed by atoms with van der Waals surface area (Å²) in [5.74, 6) is 0.565. The number of benzene rings is 1. The van der Waals surface area contributed by atoms with Crippen molar-refractivity contribution in [3.8, 4) is 0 Å². The molecule has 0 aliphatic carbocycles. The van der Waals surface area contributed by atoms with Crippen molar-refractivity contribution in [3.05, 3.63) is 29.8 Å². The van der Waals surface area contributed by atoms with Gasteiger partial charge in [-0.25, -0.2) is 0 Å². The van der Waals surface area contributed by atoms with Crippen molar-refractivity contribution >= 4 is 18.5 Å². The maximum absolute atomic E-state index is 11.8. The molecule has 1 aromatic carbocycles. The van der Waals surface area contributed by atoms with E-state index in [1.54, 1.807) is 12.1 Å². The summed E-state index contributed by atoms with van der Waals surface area (Å²) in [6.45, 7) is 6.33. The predicted octanol–water partition coefficient (Wildman–Crippen LogP) is 3.14. The van der Waals surface area contributed by atoms with Crippen LogP contribution in [0, 0.1) is 5.92 Å². The van der Waals surface area contributed by atoms with Gasteiger partial charge in [0.15, 0.2) is 0 Å². The largest absolute Gasteiger partial charge is 0.350 e. The highest BCUT2D eigenvalue weighted by molar-refractivity contribution is 7.80. The molecule has 2 nitrogen and oxygen atoms in total. The molecule has 0 radical (unpaired) electrons. The van der Waals surface area contributed by atoms with Crippen LogP contribution in [0.2, 0.25) is 0 Å². The van der Waals surface area contributed by atoms with Gasteiger partial charge in [0.1, 0.15) is 0 Å². The van der Waals surface area contributed by atoms with Gasteiger partial charge in [0.05, 0.1) is 0 Å². The Balaban J connectivity index is 2.59. The summed E-state index contributed by atoms with van der Waals surface area (Å²) in [5, 5.41) is 2.98. The molecule has 1 rings (SSSR count). The third kappa shape index (κ3) is 4.27. The summed E-state index contributed by atoms with van der Waals surface area (Å²) in [6, 6.07) is 7.48. The minimum Gasteiger partial charge on any atom is -0.350 e. The van der Waals surface area contributed by atoms with Crippen LogP contribution < -0.4 is 5.32 Å². The molecule has 1 amide bonds. The molecule has 1 N–H and O–H groups in total. The zero-order chi connectivity index (χ0) is 12.1. The molecule has 0 heterocycles. The Morgan fingerprint density at radius 3 is 2.62 bits per heavy atom. The lowest BCUT2D eigenvalue weighted by Gasteiger charge is -2.15. The van der Waals surface area contributed by atoms with E-state index in [4.69, 9.17) is 0 Å². The second-order valence-electron chi connectivity index (χ2n) is 4.55. The van der Waals surface area contributed by atoms with E-state index in [0.29, 0.717) is 11.5 Å². The summed E-state index contributed by atoms with van der Waals surface area (Å²) in [7, 11) is 0. The molecule has 0 saturated carbocycles. The molecule has 0 aliphatic rings. The molecule has 1 aromatic rings. The van der Waals surface area contributed by atoms with Gasteiger partial charge in [-0.1, -0.05) is 19.9 Å². The number of nitrogens with one attached hydrogen (secondary N) is 1. The molecule has 16 heavy (non-hydrogen) atoms. The quantitative estimate of drug-likeness (QED) is 0.774. The van der Waals surface area contributed by atoms with Crippen LogP contribution in [-0.4, -0.2) is 11.9 Å². The van der Waals surface area contributed by atoms with Crippen LogP contribution in [-0.2, 0) is 0 Å². The van der Waals surface area contributed by atoms with Gasteiger partial charge in [-0.05, 0) is 37.5 Å². The average molecular weight is 237 g/mol. The molecule has 0 saturated heterocycles. The molecule has 3 heteroatoms. The van der Waals surface area contributed by atoms with E-state index < -0.39 is 0 Å². The number of carbonyl (C=O) groups is 1. The molecular formula is C13H19NOS. The predicted molar refractivity (Wildman–Crippen MR) is 70.1 cm³/mol. The number of rotatable bonds is 4. The van der Waals surface area contributed by atoms with Gasteiger partial charge in [0, 0.05) is 16.5 Å². The molecule has 88 valence electrons. The first kappa shape index (κ1) is 13.1. The standard InChI is InChI=1S/C13H19NOS/c1-9(2)7-10(3)14-13(15)11-5-4-6-12(16)8-11/h4-6,8-10,16H,7H2,1-3H3,(H,14,15). The third-order valence-corrected chi connectivity index (χ3v) is 2.59. The highest BCUT2D eigenvalue weighted by Crippen LogP contribution is 2.10. The highest BCUT2D eigenvalue weighted by Gasteiger charge is 2.10. The van der Waals surface area contributed by atoms with Crippen LogP contribution in [0.1, 0.15) is 37.6 Å². The summed E-state index contributed by atoms with van der Waals surface area (Å²) >= 11 is 4.21. The lowest BCUT2D eigenvalue weighted by molar-refractivity contribution is 0.0936. The first-order valence-corrected chi connectivity index (χ1v) is 6.03. The molecule has 0 spiro atoms. The minimum atomic E-state index is -0.0240. The first-order valence-electron chi connectivity index (χ1n) is 5.59. The van der Waals surface area contributed by atoms with Crippen molar-refractivity contribution in [2.75, 3.05) is 0 Å². The smallest absolute Gasteiger partial charge is 0.251 e. The second-order valence-corrected chi connectivity index (χ2v) is 5.07. The molecule has 1 atom stereocenters. The van der Waals surface area contributed by atoms with Crippen LogP contribution in [0.25, 0.3) is 0 Å². The van der Waals surface area contributed by atoms with Gasteiger partial charge in [-0.15, -0.1) is 12.6 Å². The monoisotopic (exact) mass is 237 g/mol. The van der Waals surface area contributed by atoms with E-state index in [2.05, 4.69) is 31.8 Å². The number of hydrogen-bond acceptors (Lipinski definition) is 2. The van der Waals surface area contributed by atoms with Crippen molar-refractivity contribution in [2.45, 2.75) is 38.1 Å². The van der Waals surface area contributed by atoms with E-state index in [0.717, 1.165) is 11.3 Å². The van der Waals surface area contributed by atoms with Crippen LogP contribution in [0.5, 0.6) is 0 Å². The Morgan fingerprint density at radius 2 is 2.06 bits per heavy atom. The second kappa shape index (κ2) is 5.94. The van der Waals surface area contributed by atoms with E-state index in [1.807, 2.05) is 19.1 Å². The molecule has 0 bridgehead atoms. The fourth-order valence-electron chi connectivity index (χ4n) is 1.72. The van der Waals surface area contributed by atoms with Crippen molar-refractivity contribution in [1.82, 2.24) is 5.32 Å². The van der Waals surface area contributed by atoms with Crippen molar-refractivity contribution in [1.29, 1.82) is 0 Å². The maximum atomic E-state index is 11.8. The zero-order valence-electron chi connectivity index (χ0n) is 10.0. The van der Waals surface area contributed by atoms with Gasteiger partial charge < -0.3 is 5.32 Å². The summed E-state index contributed by atoms with van der Waals surface area (Å²) in [4.78, 5) is 12.7.